The molecule has 0 aromatic carbocycles. The van der Waals surface area contributed by atoms with Crippen LogP contribution in [0, 0.1) is 5.41 Å². The van der Waals surface area contributed by atoms with E-state index in [1.165, 1.54) is 0 Å². The molecule has 1 atom stereocenters. The highest BCUT2D eigenvalue weighted by Gasteiger charge is 2.12. The summed E-state index contributed by atoms with van der Waals surface area (Å²) in [5, 5.41) is 6.98. The molecular formula is C6H15N3O2S. The van der Waals surface area contributed by atoms with E-state index >= 15 is 0 Å². The summed E-state index contributed by atoms with van der Waals surface area (Å²) in [5.41, 5.74) is 5.14. The summed E-state index contributed by atoms with van der Waals surface area (Å²) in [5.74, 6) is -0.00185. The van der Waals surface area contributed by atoms with Gasteiger partial charge in [-0.15, -0.1) is 0 Å². The highest BCUT2D eigenvalue weighted by atomic mass is 32.2. The number of rotatable bonds is 5. The highest BCUT2D eigenvalue weighted by Crippen LogP contribution is 1.98. The summed E-state index contributed by atoms with van der Waals surface area (Å²) in [6.07, 6.45) is 1.99. The summed E-state index contributed by atoms with van der Waals surface area (Å²) in [6, 6.07) is -0.252. The van der Waals surface area contributed by atoms with E-state index in [9.17, 15) is 8.42 Å². The standard InChI is InChI=1S/C6H15N3O2S/c1-3-5(4-6(7)8)9-12(2,10)11/h5,9H,3-4H2,1-2H3,(H3,7,8). The van der Waals surface area contributed by atoms with E-state index in [1.807, 2.05) is 6.92 Å². The van der Waals surface area contributed by atoms with Crippen LogP contribution in [0.5, 0.6) is 0 Å². The lowest BCUT2D eigenvalue weighted by molar-refractivity contribution is 0.550. The molecule has 0 radical (unpaired) electrons. The molecule has 6 heteroatoms. The number of hydrogen-bond acceptors (Lipinski definition) is 3. The third-order valence-electron chi connectivity index (χ3n) is 1.34. The second-order valence-corrected chi connectivity index (χ2v) is 4.50. The maximum Gasteiger partial charge on any atom is 0.208 e. The lowest BCUT2D eigenvalue weighted by Crippen LogP contribution is -2.36. The van der Waals surface area contributed by atoms with Crippen LogP contribution in [0.4, 0.5) is 0 Å². The van der Waals surface area contributed by atoms with Gasteiger partial charge in [0.1, 0.15) is 0 Å². The second kappa shape index (κ2) is 4.42. The highest BCUT2D eigenvalue weighted by molar-refractivity contribution is 7.88. The Labute approximate surface area is 72.9 Å². The van der Waals surface area contributed by atoms with Crippen LogP contribution in [0.25, 0.3) is 0 Å². The molecule has 0 rings (SSSR count). The van der Waals surface area contributed by atoms with Crippen LogP contribution in [0.2, 0.25) is 0 Å². The largest absolute Gasteiger partial charge is 0.388 e. The van der Waals surface area contributed by atoms with Crippen molar-refractivity contribution in [2.45, 2.75) is 25.8 Å². The third kappa shape index (κ3) is 6.11. The molecule has 72 valence electrons. The first-order chi connectivity index (χ1) is 5.35. The number of nitrogens with one attached hydrogen (secondary N) is 2. The zero-order chi connectivity index (χ0) is 9.78. The molecular weight excluding hydrogens is 178 g/mol. The van der Waals surface area contributed by atoms with Gasteiger partial charge >= 0.3 is 0 Å². The van der Waals surface area contributed by atoms with Crippen LogP contribution in [0.15, 0.2) is 0 Å². The summed E-state index contributed by atoms with van der Waals surface area (Å²) >= 11 is 0. The van der Waals surface area contributed by atoms with E-state index in [0.29, 0.717) is 6.42 Å². The molecule has 0 fully saturated rings. The summed E-state index contributed by atoms with van der Waals surface area (Å²) < 4.78 is 23.9. The van der Waals surface area contributed by atoms with Crippen LogP contribution in [-0.4, -0.2) is 26.6 Å². The van der Waals surface area contributed by atoms with Gasteiger partial charge in [0.25, 0.3) is 0 Å². The minimum Gasteiger partial charge on any atom is -0.388 e. The average Bonchev–Trinajstić information content (AvgIpc) is 1.82. The van der Waals surface area contributed by atoms with Crippen molar-refractivity contribution < 1.29 is 8.42 Å². The van der Waals surface area contributed by atoms with Crippen molar-refractivity contribution >= 4 is 15.9 Å². The van der Waals surface area contributed by atoms with Crippen molar-refractivity contribution in [3.05, 3.63) is 0 Å². The van der Waals surface area contributed by atoms with E-state index in [4.69, 9.17) is 11.1 Å². The molecule has 5 nitrogen and oxygen atoms in total. The molecule has 0 saturated heterocycles. The van der Waals surface area contributed by atoms with Crippen molar-refractivity contribution in [2.75, 3.05) is 6.26 Å². The van der Waals surface area contributed by atoms with E-state index < -0.39 is 10.0 Å². The second-order valence-electron chi connectivity index (χ2n) is 2.72. The minimum absolute atomic E-state index is 0.00185. The quantitative estimate of drug-likeness (QED) is 0.411. The Morgan fingerprint density at radius 1 is 1.67 bits per heavy atom. The van der Waals surface area contributed by atoms with Gasteiger partial charge in [0.05, 0.1) is 12.1 Å². The van der Waals surface area contributed by atoms with Gasteiger partial charge in [-0.2, -0.15) is 0 Å². The van der Waals surface area contributed by atoms with Gasteiger partial charge in [-0.3, -0.25) is 5.41 Å². The van der Waals surface area contributed by atoms with Gasteiger partial charge in [0.2, 0.25) is 10.0 Å². The Hall–Kier alpha value is -0.620. The smallest absolute Gasteiger partial charge is 0.208 e. The first-order valence-electron chi connectivity index (χ1n) is 3.65. The topological polar surface area (TPSA) is 96.0 Å². The third-order valence-corrected chi connectivity index (χ3v) is 2.10. The van der Waals surface area contributed by atoms with E-state index in [-0.39, 0.29) is 18.3 Å². The predicted molar refractivity (Wildman–Crippen MR) is 48.6 cm³/mol. The van der Waals surface area contributed by atoms with Crippen molar-refractivity contribution in [3.63, 3.8) is 0 Å². The predicted octanol–water partition coefficient (Wildman–Crippen LogP) is -0.360. The van der Waals surface area contributed by atoms with Gasteiger partial charge in [-0.1, -0.05) is 6.92 Å². The van der Waals surface area contributed by atoms with Crippen LogP contribution in [-0.2, 0) is 10.0 Å². The Morgan fingerprint density at radius 3 is 2.42 bits per heavy atom. The fourth-order valence-electron chi connectivity index (χ4n) is 0.838. The molecule has 0 aliphatic rings. The Kier molecular flexibility index (Phi) is 4.19. The fourth-order valence-corrected chi connectivity index (χ4v) is 1.69. The normalized spacial score (nSPS) is 14.2. The van der Waals surface area contributed by atoms with Gasteiger partial charge in [0.15, 0.2) is 0 Å². The van der Waals surface area contributed by atoms with Crippen molar-refractivity contribution in [1.29, 1.82) is 5.41 Å². The molecule has 0 aromatic rings. The average molecular weight is 193 g/mol. The Balaban J connectivity index is 4.10. The summed E-state index contributed by atoms with van der Waals surface area (Å²) in [6.45, 7) is 1.84. The fraction of sp³-hybridized carbons (Fsp3) is 0.833. The van der Waals surface area contributed by atoms with Crippen molar-refractivity contribution in [2.24, 2.45) is 5.73 Å². The van der Waals surface area contributed by atoms with Gasteiger partial charge in [-0.25, -0.2) is 13.1 Å². The SMILES string of the molecule is CCC(CC(=N)N)NS(C)(=O)=O. The first kappa shape index (κ1) is 11.4. The number of nitrogens with two attached hydrogens (primary N) is 1. The van der Waals surface area contributed by atoms with Gasteiger partial charge in [0, 0.05) is 12.5 Å². The van der Waals surface area contributed by atoms with Crippen molar-refractivity contribution in [3.8, 4) is 0 Å². The molecule has 12 heavy (non-hydrogen) atoms. The van der Waals surface area contributed by atoms with Gasteiger partial charge < -0.3 is 5.73 Å². The minimum atomic E-state index is -3.18. The molecule has 0 amide bonds. The van der Waals surface area contributed by atoms with Crippen LogP contribution in [0.3, 0.4) is 0 Å². The monoisotopic (exact) mass is 193 g/mol. The molecule has 0 aliphatic heterocycles. The van der Waals surface area contributed by atoms with E-state index in [2.05, 4.69) is 4.72 Å². The molecule has 0 heterocycles. The molecule has 4 N–H and O–H groups in total. The zero-order valence-corrected chi connectivity index (χ0v) is 8.11. The molecule has 1 unspecified atom stereocenters. The summed E-state index contributed by atoms with van der Waals surface area (Å²) in [4.78, 5) is 0. The maximum absolute atomic E-state index is 10.8. The zero-order valence-electron chi connectivity index (χ0n) is 7.29. The number of amidine groups is 1. The Bertz CT molecular complexity index is 248. The van der Waals surface area contributed by atoms with E-state index in [1.54, 1.807) is 0 Å². The lowest BCUT2D eigenvalue weighted by Gasteiger charge is -2.13. The molecule has 0 aliphatic carbocycles. The molecule has 0 saturated carbocycles. The molecule has 0 bridgehead atoms. The molecule has 0 aromatic heterocycles. The van der Waals surface area contributed by atoms with E-state index in [0.717, 1.165) is 6.26 Å². The van der Waals surface area contributed by atoms with Crippen molar-refractivity contribution in [1.82, 2.24) is 4.72 Å². The Morgan fingerprint density at radius 2 is 2.17 bits per heavy atom. The first-order valence-corrected chi connectivity index (χ1v) is 5.54. The van der Waals surface area contributed by atoms with Crippen LogP contribution in [0.1, 0.15) is 19.8 Å². The van der Waals surface area contributed by atoms with Crippen LogP contribution >= 0.6 is 0 Å². The summed E-state index contributed by atoms with van der Waals surface area (Å²) in [7, 11) is -3.18. The number of sulfonamides is 1. The van der Waals surface area contributed by atoms with Crippen LogP contribution < -0.4 is 10.5 Å². The maximum atomic E-state index is 10.8. The lowest BCUT2D eigenvalue weighted by atomic mass is 10.1. The van der Waals surface area contributed by atoms with Gasteiger partial charge in [-0.05, 0) is 6.42 Å². The molecule has 0 spiro atoms. The number of hydrogen-bond donors (Lipinski definition) is 3.